The Morgan fingerprint density at radius 1 is 1.05 bits per heavy atom. The van der Waals surface area contributed by atoms with Gasteiger partial charge in [0, 0.05) is 17.7 Å². The van der Waals surface area contributed by atoms with Crippen LogP contribution >= 0.6 is 0 Å². The molecule has 0 fully saturated rings. The first-order valence-electron chi connectivity index (χ1n) is 7.61. The van der Waals surface area contributed by atoms with Gasteiger partial charge in [0.15, 0.2) is 0 Å². The summed E-state index contributed by atoms with van der Waals surface area (Å²) >= 11 is 0. The van der Waals surface area contributed by atoms with Gasteiger partial charge in [-0.1, -0.05) is 13.8 Å². The zero-order valence-corrected chi connectivity index (χ0v) is 13.0. The molecule has 0 spiro atoms. The molecule has 1 heterocycles. The lowest BCUT2D eigenvalue weighted by Crippen LogP contribution is -2.05. The van der Waals surface area contributed by atoms with Gasteiger partial charge in [0.1, 0.15) is 17.9 Å². The maximum atomic E-state index is 5.62. The number of hydrogen-bond acceptors (Lipinski definition) is 4. The van der Waals surface area contributed by atoms with Gasteiger partial charge in [0.2, 0.25) is 0 Å². The van der Waals surface area contributed by atoms with Gasteiger partial charge in [-0.15, -0.1) is 0 Å². The van der Waals surface area contributed by atoms with E-state index in [0.29, 0.717) is 0 Å². The molecule has 0 unspecified atom stereocenters. The van der Waals surface area contributed by atoms with E-state index in [1.807, 2.05) is 12.1 Å². The summed E-state index contributed by atoms with van der Waals surface area (Å²) in [5, 5.41) is 3.30. The Morgan fingerprint density at radius 3 is 2.43 bits per heavy atom. The van der Waals surface area contributed by atoms with E-state index >= 15 is 0 Å². The first-order chi connectivity index (χ1) is 10.3. The van der Waals surface area contributed by atoms with E-state index in [4.69, 9.17) is 4.74 Å². The van der Waals surface area contributed by atoms with Gasteiger partial charge in [0.05, 0.1) is 12.3 Å². The van der Waals surface area contributed by atoms with Crippen LogP contribution in [0.1, 0.15) is 32.8 Å². The molecule has 0 amide bonds. The van der Waals surface area contributed by atoms with E-state index in [9.17, 15) is 0 Å². The van der Waals surface area contributed by atoms with Gasteiger partial charge in [-0.05, 0) is 44.0 Å². The molecule has 1 aromatic heterocycles. The second-order valence-corrected chi connectivity index (χ2v) is 4.81. The third-order valence-corrected chi connectivity index (χ3v) is 3.24. The standard InChI is InChI=1S/C17H23N3O/c1-4-11-21-14-9-7-13(8-10-14)16-15(5-2)17(18-6-3)20-12-19-16/h7-10,12H,4-6,11H2,1-3H3,(H,18,19,20). The fourth-order valence-corrected chi connectivity index (χ4v) is 2.24. The Morgan fingerprint density at radius 2 is 1.81 bits per heavy atom. The molecule has 0 saturated heterocycles. The van der Waals surface area contributed by atoms with Crippen molar-refractivity contribution in [2.75, 3.05) is 18.5 Å². The fraction of sp³-hybridized carbons (Fsp3) is 0.412. The molecule has 21 heavy (non-hydrogen) atoms. The molecule has 4 heteroatoms. The van der Waals surface area contributed by atoms with Crippen molar-refractivity contribution in [1.29, 1.82) is 0 Å². The van der Waals surface area contributed by atoms with Crippen molar-refractivity contribution in [2.24, 2.45) is 0 Å². The van der Waals surface area contributed by atoms with Crippen LogP contribution in [-0.4, -0.2) is 23.1 Å². The summed E-state index contributed by atoms with van der Waals surface area (Å²) in [4.78, 5) is 8.80. The van der Waals surface area contributed by atoms with Crippen LogP contribution in [0.3, 0.4) is 0 Å². The van der Waals surface area contributed by atoms with Crippen LogP contribution in [0.25, 0.3) is 11.3 Å². The molecule has 4 nitrogen and oxygen atoms in total. The number of rotatable bonds is 7. The van der Waals surface area contributed by atoms with Crippen molar-refractivity contribution < 1.29 is 4.74 Å². The molecule has 2 rings (SSSR count). The largest absolute Gasteiger partial charge is 0.494 e. The highest BCUT2D eigenvalue weighted by atomic mass is 16.5. The highest BCUT2D eigenvalue weighted by molar-refractivity contribution is 5.68. The first kappa shape index (κ1) is 15.3. The molecule has 112 valence electrons. The molecule has 0 saturated carbocycles. The number of nitrogens with zero attached hydrogens (tertiary/aromatic N) is 2. The molecular formula is C17H23N3O. The summed E-state index contributed by atoms with van der Waals surface area (Å²) in [5.74, 6) is 1.83. The van der Waals surface area contributed by atoms with Gasteiger partial charge in [-0.2, -0.15) is 0 Å². The molecular weight excluding hydrogens is 262 g/mol. The maximum Gasteiger partial charge on any atom is 0.133 e. The lowest BCUT2D eigenvalue weighted by atomic mass is 10.0. The van der Waals surface area contributed by atoms with E-state index in [2.05, 4.69) is 48.2 Å². The third-order valence-electron chi connectivity index (χ3n) is 3.24. The van der Waals surface area contributed by atoms with E-state index < -0.39 is 0 Å². The van der Waals surface area contributed by atoms with Crippen LogP contribution in [-0.2, 0) is 6.42 Å². The monoisotopic (exact) mass is 285 g/mol. The number of ether oxygens (including phenoxy) is 1. The average molecular weight is 285 g/mol. The summed E-state index contributed by atoms with van der Waals surface area (Å²) in [6.07, 6.45) is 3.53. The van der Waals surface area contributed by atoms with Crippen LogP contribution in [0.15, 0.2) is 30.6 Å². The summed E-state index contributed by atoms with van der Waals surface area (Å²) in [5.41, 5.74) is 3.24. The molecule has 0 radical (unpaired) electrons. The quantitative estimate of drug-likeness (QED) is 0.837. The molecule has 1 aromatic carbocycles. The molecule has 1 N–H and O–H groups in total. The minimum absolute atomic E-state index is 0.748. The molecule has 2 aromatic rings. The Bertz CT molecular complexity index is 567. The number of nitrogens with one attached hydrogen (secondary N) is 1. The second-order valence-electron chi connectivity index (χ2n) is 4.81. The molecule has 0 aliphatic carbocycles. The highest BCUT2D eigenvalue weighted by Gasteiger charge is 2.11. The van der Waals surface area contributed by atoms with Gasteiger partial charge < -0.3 is 10.1 Å². The Labute approximate surface area is 126 Å². The molecule has 0 bridgehead atoms. The summed E-state index contributed by atoms with van der Waals surface area (Å²) in [6, 6.07) is 8.11. The van der Waals surface area contributed by atoms with Crippen molar-refractivity contribution in [3.8, 4) is 17.0 Å². The van der Waals surface area contributed by atoms with Gasteiger partial charge in [0.25, 0.3) is 0 Å². The average Bonchev–Trinajstić information content (AvgIpc) is 2.53. The van der Waals surface area contributed by atoms with E-state index in [0.717, 1.165) is 54.4 Å². The van der Waals surface area contributed by atoms with Crippen LogP contribution in [0.5, 0.6) is 5.75 Å². The molecule has 0 aliphatic rings. The van der Waals surface area contributed by atoms with Crippen molar-refractivity contribution in [1.82, 2.24) is 9.97 Å². The minimum atomic E-state index is 0.748. The zero-order chi connectivity index (χ0) is 15.1. The second kappa shape index (κ2) is 7.62. The fourth-order valence-electron chi connectivity index (χ4n) is 2.24. The lowest BCUT2D eigenvalue weighted by Gasteiger charge is -2.13. The third kappa shape index (κ3) is 3.72. The lowest BCUT2D eigenvalue weighted by molar-refractivity contribution is 0.317. The zero-order valence-electron chi connectivity index (χ0n) is 13.0. The van der Waals surface area contributed by atoms with Crippen molar-refractivity contribution >= 4 is 5.82 Å². The smallest absolute Gasteiger partial charge is 0.133 e. The topological polar surface area (TPSA) is 47.0 Å². The first-order valence-corrected chi connectivity index (χ1v) is 7.61. The number of benzene rings is 1. The van der Waals surface area contributed by atoms with E-state index in [-0.39, 0.29) is 0 Å². The number of anilines is 1. The number of aromatic nitrogens is 2. The number of hydrogen-bond donors (Lipinski definition) is 1. The summed E-state index contributed by atoms with van der Waals surface area (Å²) in [6.45, 7) is 7.90. The normalized spacial score (nSPS) is 10.4. The Kier molecular flexibility index (Phi) is 5.55. The maximum absolute atomic E-state index is 5.62. The van der Waals surface area contributed by atoms with Crippen LogP contribution in [0.4, 0.5) is 5.82 Å². The molecule has 0 aliphatic heterocycles. The van der Waals surface area contributed by atoms with Gasteiger partial charge in [-0.25, -0.2) is 9.97 Å². The SMILES string of the molecule is CCCOc1ccc(-c2ncnc(NCC)c2CC)cc1. The molecule has 0 atom stereocenters. The summed E-state index contributed by atoms with van der Waals surface area (Å²) < 4.78 is 5.62. The van der Waals surface area contributed by atoms with E-state index in [1.165, 1.54) is 0 Å². The summed E-state index contributed by atoms with van der Waals surface area (Å²) in [7, 11) is 0. The van der Waals surface area contributed by atoms with Gasteiger partial charge in [-0.3, -0.25) is 0 Å². The highest BCUT2D eigenvalue weighted by Crippen LogP contribution is 2.27. The van der Waals surface area contributed by atoms with Gasteiger partial charge >= 0.3 is 0 Å². The van der Waals surface area contributed by atoms with Crippen LogP contribution in [0, 0.1) is 0 Å². The van der Waals surface area contributed by atoms with Crippen molar-refractivity contribution in [3.63, 3.8) is 0 Å². The van der Waals surface area contributed by atoms with Crippen molar-refractivity contribution in [3.05, 3.63) is 36.2 Å². The Hall–Kier alpha value is -2.10. The predicted molar refractivity (Wildman–Crippen MR) is 86.8 cm³/mol. The predicted octanol–water partition coefficient (Wildman–Crippen LogP) is 3.93. The Balaban J connectivity index is 2.30. The van der Waals surface area contributed by atoms with Crippen LogP contribution < -0.4 is 10.1 Å². The van der Waals surface area contributed by atoms with Crippen molar-refractivity contribution in [2.45, 2.75) is 33.6 Å². The van der Waals surface area contributed by atoms with Crippen LogP contribution in [0.2, 0.25) is 0 Å². The van der Waals surface area contributed by atoms with E-state index in [1.54, 1.807) is 6.33 Å². The minimum Gasteiger partial charge on any atom is -0.494 e.